The molecule has 4 atom stereocenters. The fourth-order valence-electron chi connectivity index (χ4n) is 5.97. The van der Waals surface area contributed by atoms with Crippen LogP contribution in [0, 0.1) is 23.2 Å². The number of carbonyl (C=O) groups is 3. The Morgan fingerprint density at radius 2 is 1.62 bits per heavy atom. The molecular weight excluding hydrogens is 430 g/mol. The van der Waals surface area contributed by atoms with Crippen LogP contribution in [0.25, 0.3) is 0 Å². The summed E-state index contributed by atoms with van der Waals surface area (Å²) in [6, 6.07) is -1.34. The molecule has 0 radical (unpaired) electrons. The minimum absolute atomic E-state index is 0.00195. The number of hydrogen-bond donors (Lipinski definition) is 2. The molecule has 1 saturated heterocycles. The minimum Gasteiger partial charge on any atom is -0.342 e. The lowest BCUT2D eigenvalue weighted by Gasteiger charge is -2.36. The van der Waals surface area contributed by atoms with E-state index in [1.807, 2.05) is 25.7 Å². The van der Waals surface area contributed by atoms with Crippen LogP contribution in [0.1, 0.15) is 82.6 Å². The molecule has 0 bridgehead atoms. The first-order valence-electron chi connectivity index (χ1n) is 12.9. The zero-order valence-electron chi connectivity index (χ0n) is 20.8. The van der Waals surface area contributed by atoms with E-state index in [0.29, 0.717) is 11.8 Å². The summed E-state index contributed by atoms with van der Waals surface area (Å²) in [6.07, 6.45) is 13.0. The molecule has 2 saturated carbocycles. The molecule has 3 aliphatic rings. The second-order valence-corrected chi connectivity index (χ2v) is 11.4. The van der Waals surface area contributed by atoms with Gasteiger partial charge in [0.05, 0.1) is 6.20 Å². The lowest BCUT2D eigenvalue weighted by molar-refractivity contribution is -0.139. The van der Waals surface area contributed by atoms with Crippen LogP contribution in [-0.2, 0) is 9.59 Å². The van der Waals surface area contributed by atoms with Gasteiger partial charge in [-0.2, -0.15) is 0 Å². The van der Waals surface area contributed by atoms with Crippen molar-refractivity contribution in [3.63, 3.8) is 0 Å². The second-order valence-electron chi connectivity index (χ2n) is 11.4. The van der Waals surface area contributed by atoms with Crippen LogP contribution in [0.4, 0.5) is 0 Å². The Bertz CT molecular complexity index is 866. The number of nitrogens with zero attached hydrogens (tertiary/aromatic N) is 3. The van der Waals surface area contributed by atoms with E-state index in [9.17, 15) is 14.4 Å². The van der Waals surface area contributed by atoms with Crippen molar-refractivity contribution in [2.75, 3.05) is 13.1 Å². The maximum atomic E-state index is 13.6. The van der Waals surface area contributed by atoms with Crippen molar-refractivity contribution in [1.29, 1.82) is 0 Å². The molecule has 34 heavy (non-hydrogen) atoms. The second kappa shape index (κ2) is 10.4. The quantitative estimate of drug-likeness (QED) is 0.667. The van der Waals surface area contributed by atoms with Crippen LogP contribution in [0.2, 0.25) is 0 Å². The highest BCUT2D eigenvalue weighted by molar-refractivity contribution is 5.97. The molecule has 3 amide bonds. The Morgan fingerprint density at radius 1 is 0.941 bits per heavy atom. The standard InChI is InChI=1S/C26H39N5O3/c1-26(2,3)22(25(34)31-15-18-10-7-11-19(18)16-31)30-24(33)21(17-8-5-4-6-9-17)29-23(32)20-14-27-12-13-28-20/h12-14,17-19,21-22H,4-11,15-16H2,1-3H3,(H,29,32)(H,30,33)/t18-,19?,21?,22?/m1/s1. The predicted octanol–water partition coefficient (Wildman–Crippen LogP) is 2.94. The summed E-state index contributed by atoms with van der Waals surface area (Å²) < 4.78 is 0. The topological polar surface area (TPSA) is 104 Å². The van der Waals surface area contributed by atoms with Crippen molar-refractivity contribution in [3.8, 4) is 0 Å². The molecule has 186 valence electrons. The van der Waals surface area contributed by atoms with Crippen molar-refractivity contribution < 1.29 is 14.4 Å². The van der Waals surface area contributed by atoms with Crippen LogP contribution in [0.5, 0.6) is 0 Å². The first-order valence-corrected chi connectivity index (χ1v) is 12.9. The molecule has 2 N–H and O–H groups in total. The highest BCUT2D eigenvalue weighted by Crippen LogP contribution is 2.38. The molecule has 8 nitrogen and oxygen atoms in total. The number of nitrogens with one attached hydrogen (secondary N) is 2. The maximum Gasteiger partial charge on any atom is 0.272 e. The molecule has 0 spiro atoms. The van der Waals surface area contributed by atoms with Gasteiger partial charge in [0.15, 0.2) is 0 Å². The summed E-state index contributed by atoms with van der Waals surface area (Å²) in [7, 11) is 0. The van der Waals surface area contributed by atoms with Gasteiger partial charge in [-0.25, -0.2) is 4.98 Å². The highest BCUT2D eigenvalue weighted by Gasteiger charge is 2.44. The lowest BCUT2D eigenvalue weighted by Crippen LogP contribution is -2.60. The monoisotopic (exact) mass is 469 g/mol. The van der Waals surface area contributed by atoms with Crippen molar-refractivity contribution in [2.24, 2.45) is 23.2 Å². The van der Waals surface area contributed by atoms with E-state index < -0.39 is 23.4 Å². The van der Waals surface area contributed by atoms with Gasteiger partial charge in [-0.05, 0) is 48.9 Å². The molecule has 1 aliphatic heterocycles. The molecular formula is C26H39N5O3. The van der Waals surface area contributed by atoms with Crippen LogP contribution in [0.3, 0.4) is 0 Å². The Hall–Kier alpha value is -2.51. The molecule has 4 rings (SSSR count). The van der Waals surface area contributed by atoms with Crippen LogP contribution >= 0.6 is 0 Å². The van der Waals surface area contributed by atoms with Gasteiger partial charge in [0.2, 0.25) is 11.8 Å². The Balaban J connectivity index is 1.50. The number of hydrogen-bond acceptors (Lipinski definition) is 5. The number of aromatic nitrogens is 2. The molecule has 0 aromatic carbocycles. The van der Waals surface area contributed by atoms with Crippen molar-refractivity contribution in [2.45, 2.75) is 84.2 Å². The normalized spacial score (nSPS) is 24.9. The number of carbonyl (C=O) groups excluding carboxylic acids is 3. The van der Waals surface area contributed by atoms with E-state index in [1.54, 1.807) is 0 Å². The van der Waals surface area contributed by atoms with Crippen molar-refractivity contribution in [3.05, 3.63) is 24.3 Å². The van der Waals surface area contributed by atoms with E-state index >= 15 is 0 Å². The SMILES string of the molecule is CC(C)(C)C(NC(=O)C(NC(=O)c1cnccn1)C1CCCCC1)C(=O)N1CC2CCC[C@@H]2C1. The number of fused-ring (bicyclic) bond motifs is 1. The third kappa shape index (κ3) is 5.58. The predicted molar refractivity (Wildman–Crippen MR) is 129 cm³/mol. The Kier molecular flexibility index (Phi) is 7.53. The summed E-state index contributed by atoms with van der Waals surface area (Å²) in [5.74, 6) is 0.541. The van der Waals surface area contributed by atoms with Gasteiger partial charge in [-0.3, -0.25) is 19.4 Å². The largest absolute Gasteiger partial charge is 0.342 e. The van der Waals surface area contributed by atoms with E-state index in [4.69, 9.17) is 0 Å². The third-order valence-corrected chi connectivity index (χ3v) is 7.92. The first-order chi connectivity index (χ1) is 16.2. The minimum atomic E-state index is -0.703. The highest BCUT2D eigenvalue weighted by atomic mass is 16.2. The summed E-state index contributed by atoms with van der Waals surface area (Å²) in [6.45, 7) is 7.55. The van der Waals surface area contributed by atoms with Crippen LogP contribution < -0.4 is 10.6 Å². The van der Waals surface area contributed by atoms with Crippen LogP contribution in [0.15, 0.2) is 18.6 Å². The fourth-order valence-corrected chi connectivity index (χ4v) is 5.97. The Morgan fingerprint density at radius 3 is 2.21 bits per heavy atom. The van der Waals surface area contributed by atoms with Gasteiger partial charge in [-0.15, -0.1) is 0 Å². The zero-order chi connectivity index (χ0) is 24.3. The number of rotatable bonds is 6. The first kappa shape index (κ1) is 24.6. The average molecular weight is 470 g/mol. The molecule has 3 fully saturated rings. The van der Waals surface area contributed by atoms with Gasteiger partial charge < -0.3 is 15.5 Å². The summed E-state index contributed by atoms with van der Waals surface area (Å²) in [4.78, 5) is 50.1. The van der Waals surface area contributed by atoms with Crippen LogP contribution in [-0.4, -0.2) is 57.8 Å². The molecule has 2 heterocycles. The van der Waals surface area contributed by atoms with Gasteiger partial charge in [0.1, 0.15) is 17.8 Å². The van der Waals surface area contributed by atoms with Crippen molar-refractivity contribution >= 4 is 17.7 Å². The van der Waals surface area contributed by atoms with Crippen molar-refractivity contribution in [1.82, 2.24) is 25.5 Å². The van der Waals surface area contributed by atoms with E-state index in [-0.39, 0.29) is 23.4 Å². The smallest absolute Gasteiger partial charge is 0.272 e. The molecule has 8 heteroatoms. The number of amides is 3. The van der Waals surface area contributed by atoms with E-state index in [1.165, 1.54) is 37.9 Å². The Labute approximate surface area is 202 Å². The summed E-state index contributed by atoms with van der Waals surface area (Å²) in [5.41, 5.74) is -0.264. The van der Waals surface area contributed by atoms with Gasteiger partial charge in [-0.1, -0.05) is 46.5 Å². The van der Waals surface area contributed by atoms with E-state index in [2.05, 4.69) is 20.6 Å². The summed E-state index contributed by atoms with van der Waals surface area (Å²) >= 11 is 0. The molecule has 3 unspecified atom stereocenters. The summed E-state index contributed by atoms with van der Waals surface area (Å²) in [5, 5.41) is 5.99. The van der Waals surface area contributed by atoms with E-state index in [0.717, 1.165) is 45.2 Å². The molecule has 1 aromatic heterocycles. The fraction of sp³-hybridized carbons (Fsp3) is 0.731. The zero-order valence-corrected chi connectivity index (χ0v) is 20.8. The van der Waals surface area contributed by atoms with Gasteiger partial charge in [0.25, 0.3) is 5.91 Å². The van der Waals surface area contributed by atoms with Gasteiger partial charge >= 0.3 is 0 Å². The third-order valence-electron chi connectivity index (χ3n) is 7.92. The average Bonchev–Trinajstić information content (AvgIpc) is 3.43. The maximum absolute atomic E-state index is 13.6. The van der Waals surface area contributed by atoms with Gasteiger partial charge in [0, 0.05) is 25.5 Å². The molecule has 2 aliphatic carbocycles. The number of likely N-dealkylation sites (tertiary alicyclic amines) is 1. The lowest BCUT2D eigenvalue weighted by atomic mass is 9.82. The molecule has 1 aromatic rings.